The van der Waals surface area contributed by atoms with Crippen molar-refractivity contribution < 1.29 is 22.8 Å². The van der Waals surface area contributed by atoms with Gasteiger partial charge in [-0.3, -0.25) is 10.0 Å². The van der Waals surface area contributed by atoms with Crippen molar-refractivity contribution in [3.63, 3.8) is 0 Å². The van der Waals surface area contributed by atoms with E-state index < -0.39 is 22.5 Å². The number of hydroxylamine groups is 1. The van der Waals surface area contributed by atoms with Crippen LogP contribution in [-0.2, 0) is 21.4 Å². The fourth-order valence-electron chi connectivity index (χ4n) is 1.86. The summed E-state index contributed by atoms with van der Waals surface area (Å²) in [6.45, 7) is 1.21. The van der Waals surface area contributed by atoms with E-state index in [-0.39, 0.29) is 11.4 Å². The molecule has 0 atom stereocenters. The lowest BCUT2D eigenvalue weighted by molar-refractivity contribution is -0.129. The Morgan fingerprint density at radius 2 is 1.95 bits per heavy atom. The van der Waals surface area contributed by atoms with Crippen LogP contribution in [-0.4, -0.2) is 30.4 Å². The van der Waals surface area contributed by atoms with Gasteiger partial charge in [-0.25, -0.2) is 13.9 Å². The SMILES string of the molecule is Cc1ccc(S(=O)(=O)N(CC(=O)NO)Cc2ccco2)cc1. The molecule has 0 aliphatic carbocycles. The van der Waals surface area contributed by atoms with Crippen LogP contribution >= 0.6 is 0 Å². The van der Waals surface area contributed by atoms with Crippen molar-refractivity contribution in [2.45, 2.75) is 18.4 Å². The summed E-state index contributed by atoms with van der Waals surface area (Å²) in [5.41, 5.74) is 2.35. The number of hydrogen-bond acceptors (Lipinski definition) is 5. The molecule has 7 nitrogen and oxygen atoms in total. The van der Waals surface area contributed by atoms with Crippen LogP contribution in [0.2, 0.25) is 0 Å². The van der Waals surface area contributed by atoms with Crippen LogP contribution < -0.4 is 5.48 Å². The van der Waals surface area contributed by atoms with Crippen LogP contribution in [0.4, 0.5) is 0 Å². The summed E-state index contributed by atoms with van der Waals surface area (Å²) < 4.78 is 31.3. The van der Waals surface area contributed by atoms with Crippen molar-refractivity contribution in [2.75, 3.05) is 6.54 Å². The molecule has 0 fully saturated rings. The second kappa shape index (κ2) is 6.73. The third kappa shape index (κ3) is 3.73. The van der Waals surface area contributed by atoms with Crippen molar-refractivity contribution in [1.82, 2.24) is 9.79 Å². The van der Waals surface area contributed by atoms with Crippen molar-refractivity contribution in [2.24, 2.45) is 0 Å². The molecule has 8 heteroatoms. The van der Waals surface area contributed by atoms with E-state index in [4.69, 9.17) is 9.62 Å². The average molecular weight is 324 g/mol. The van der Waals surface area contributed by atoms with Gasteiger partial charge in [0, 0.05) is 0 Å². The first-order valence-corrected chi connectivity index (χ1v) is 7.89. The molecule has 1 heterocycles. The highest BCUT2D eigenvalue weighted by molar-refractivity contribution is 7.89. The normalized spacial score (nSPS) is 11.6. The predicted molar refractivity (Wildman–Crippen MR) is 77.4 cm³/mol. The molecule has 0 aliphatic rings. The molecule has 2 N–H and O–H groups in total. The molecule has 2 rings (SSSR count). The van der Waals surface area contributed by atoms with Gasteiger partial charge in [0.15, 0.2) is 0 Å². The Labute approximate surface area is 128 Å². The molecule has 2 aromatic rings. The number of carbonyl (C=O) groups excluding carboxylic acids is 1. The number of hydrogen-bond donors (Lipinski definition) is 2. The third-order valence-electron chi connectivity index (χ3n) is 3.02. The third-order valence-corrected chi connectivity index (χ3v) is 4.82. The summed E-state index contributed by atoms with van der Waals surface area (Å²) >= 11 is 0. The largest absolute Gasteiger partial charge is 0.468 e. The van der Waals surface area contributed by atoms with Gasteiger partial charge in [0.1, 0.15) is 5.76 Å². The highest BCUT2D eigenvalue weighted by Crippen LogP contribution is 2.19. The van der Waals surface area contributed by atoms with Gasteiger partial charge < -0.3 is 4.42 Å². The van der Waals surface area contributed by atoms with Crippen LogP contribution in [0.5, 0.6) is 0 Å². The quantitative estimate of drug-likeness (QED) is 0.616. The van der Waals surface area contributed by atoms with Gasteiger partial charge in [0.2, 0.25) is 10.0 Å². The highest BCUT2D eigenvalue weighted by atomic mass is 32.2. The average Bonchev–Trinajstić information content (AvgIpc) is 3.00. The topological polar surface area (TPSA) is 99.9 Å². The molecule has 0 aliphatic heterocycles. The zero-order valence-corrected chi connectivity index (χ0v) is 12.7. The summed E-state index contributed by atoms with van der Waals surface area (Å²) in [4.78, 5) is 11.5. The zero-order valence-electron chi connectivity index (χ0n) is 11.9. The molecule has 1 aromatic carbocycles. The molecule has 1 amide bonds. The van der Waals surface area contributed by atoms with Crippen molar-refractivity contribution in [1.29, 1.82) is 0 Å². The molecule has 118 valence electrons. The summed E-state index contributed by atoms with van der Waals surface area (Å²) in [6, 6.07) is 9.51. The molecule has 0 unspecified atom stereocenters. The van der Waals surface area contributed by atoms with Crippen LogP contribution in [0, 0.1) is 6.92 Å². The monoisotopic (exact) mass is 324 g/mol. The summed E-state index contributed by atoms with van der Waals surface area (Å²) in [5, 5.41) is 8.64. The van der Waals surface area contributed by atoms with Gasteiger partial charge in [-0.05, 0) is 31.2 Å². The Kier molecular flexibility index (Phi) is 4.96. The van der Waals surface area contributed by atoms with Gasteiger partial charge in [-0.2, -0.15) is 4.31 Å². The lowest BCUT2D eigenvalue weighted by Crippen LogP contribution is -2.39. The second-order valence-electron chi connectivity index (χ2n) is 4.70. The smallest absolute Gasteiger partial charge is 0.258 e. The first kappa shape index (κ1) is 16.2. The van der Waals surface area contributed by atoms with Crippen molar-refractivity contribution >= 4 is 15.9 Å². The minimum absolute atomic E-state index is 0.0652. The first-order valence-electron chi connectivity index (χ1n) is 6.45. The molecular formula is C14H16N2O5S. The highest BCUT2D eigenvalue weighted by Gasteiger charge is 2.27. The Hall–Kier alpha value is -2.16. The fraction of sp³-hybridized carbons (Fsp3) is 0.214. The number of amides is 1. The minimum Gasteiger partial charge on any atom is -0.468 e. The lowest BCUT2D eigenvalue weighted by atomic mass is 10.2. The number of aryl methyl sites for hydroxylation is 1. The minimum atomic E-state index is -3.90. The van der Waals surface area contributed by atoms with Gasteiger partial charge in [0.25, 0.3) is 5.91 Å². The molecule has 0 bridgehead atoms. The van der Waals surface area contributed by atoms with Gasteiger partial charge >= 0.3 is 0 Å². The molecule has 0 spiro atoms. The predicted octanol–water partition coefficient (Wildman–Crippen LogP) is 1.28. The molecule has 0 saturated heterocycles. The van der Waals surface area contributed by atoms with Crippen LogP contribution in [0.25, 0.3) is 0 Å². The number of nitrogens with zero attached hydrogens (tertiary/aromatic N) is 1. The maximum absolute atomic E-state index is 12.6. The number of rotatable bonds is 6. The van der Waals surface area contributed by atoms with Crippen molar-refractivity contribution in [3.8, 4) is 0 Å². The number of furan rings is 1. The molecule has 22 heavy (non-hydrogen) atoms. The van der Waals surface area contributed by atoms with E-state index in [1.807, 2.05) is 6.92 Å². The van der Waals surface area contributed by atoms with E-state index in [9.17, 15) is 13.2 Å². The van der Waals surface area contributed by atoms with Gasteiger partial charge in [-0.1, -0.05) is 17.7 Å². The van der Waals surface area contributed by atoms with E-state index in [0.29, 0.717) is 5.76 Å². The maximum Gasteiger partial charge on any atom is 0.258 e. The lowest BCUT2D eigenvalue weighted by Gasteiger charge is -2.20. The van der Waals surface area contributed by atoms with Crippen LogP contribution in [0.1, 0.15) is 11.3 Å². The van der Waals surface area contributed by atoms with E-state index in [1.165, 1.54) is 23.9 Å². The van der Waals surface area contributed by atoms with E-state index >= 15 is 0 Å². The summed E-state index contributed by atoms with van der Waals surface area (Å²) in [6.07, 6.45) is 1.41. The number of carbonyl (C=O) groups is 1. The number of sulfonamides is 1. The summed E-state index contributed by atoms with van der Waals surface area (Å²) in [5.74, 6) is -0.441. The van der Waals surface area contributed by atoms with Gasteiger partial charge in [0.05, 0.1) is 24.2 Å². The molecule has 1 aromatic heterocycles. The van der Waals surface area contributed by atoms with Crippen LogP contribution in [0.15, 0.2) is 52.0 Å². The molecular weight excluding hydrogens is 308 g/mol. The maximum atomic E-state index is 12.6. The van der Waals surface area contributed by atoms with Gasteiger partial charge in [-0.15, -0.1) is 0 Å². The van der Waals surface area contributed by atoms with Crippen LogP contribution in [0.3, 0.4) is 0 Å². The standard InChI is InChI=1S/C14H16N2O5S/c1-11-4-6-13(7-5-11)22(19,20)16(10-14(17)15-18)9-12-3-2-8-21-12/h2-8,18H,9-10H2,1H3,(H,15,17). The fourth-order valence-corrected chi connectivity index (χ4v) is 3.22. The van der Waals surface area contributed by atoms with E-state index in [1.54, 1.807) is 24.3 Å². The Balaban J connectivity index is 2.33. The number of benzene rings is 1. The Bertz CT molecular complexity index is 723. The first-order chi connectivity index (χ1) is 10.4. The zero-order chi connectivity index (χ0) is 16.2. The Morgan fingerprint density at radius 3 is 2.50 bits per heavy atom. The molecule has 0 saturated carbocycles. The van der Waals surface area contributed by atoms with Crippen molar-refractivity contribution in [3.05, 3.63) is 54.0 Å². The molecule has 0 radical (unpaired) electrons. The van der Waals surface area contributed by atoms with E-state index in [2.05, 4.69) is 0 Å². The Morgan fingerprint density at radius 1 is 1.27 bits per heavy atom. The number of nitrogens with one attached hydrogen (secondary N) is 1. The second-order valence-corrected chi connectivity index (χ2v) is 6.64. The van der Waals surface area contributed by atoms with E-state index in [0.717, 1.165) is 9.87 Å². The summed E-state index contributed by atoms with van der Waals surface area (Å²) in [7, 11) is -3.90.